The molecule has 0 N–H and O–H groups in total. The number of hydrogen-bond donors (Lipinski definition) is 0. The van der Waals surface area contributed by atoms with Gasteiger partial charge in [-0.2, -0.15) is 0 Å². The molecule has 1 saturated carbocycles. The van der Waals surface area contributed by atoms with Gasteiger partial charge in [0.2, 0.25) is 0 Å². The smallest absolute Gasteiger partial charge is 0.302 e. The summed E-state index contributed by atoms with van der Waals surface area (Å²) >= 11 is 0. The van der Waals surface area contributed by atoms with Gasteiger partial charge in [-0.25, -0.2) is 0 Å². The van der Waals surface area contributed by atoms with Crippen LogP contribution in [0.1, 0.15) is 44.6 Å². The number of ether oxygens (including phenoxy) is 4. The number of halogens is 1. The Morgan fingerprint density at radius 2 is 1.86 bits per heavy atom. The number of methoxy groups -OCH3 is 2. The summed E-state index contributed by atoms with van der Waals surface area (Å²) < 4.78 is 22.4. The first kappa shape index (κ1) is 23.8. The quantitative estimate of drug-likeness (QED) is 0.590. The first-order valence-corrected chi connectivity index (χ1v) is 10.3. The van der Waals surface area contributed by atoms with Crippen molar-refractivity contribution in [3.05, 3.63) is 23.8 Å². The van der Waals surface area contributed by atoms with Gasteiger partial charge in [0.25, 0.3) is 0 Å². The Labute approximate surface area is 180 Å². The van der Waals surface area contributed by atoms with Crippen LogP contribution in [0, 0.1) is 0 Å². The molecule has 1 aliphatic carbocycles. The number of rotatable bonds is 8. The molecule has 7 heteroatoms. The van der Waals surface area contributed by atoms with Crippen molar-refractivity contribution < 1.29 is 23.7 Å². The van der Waals surface area contributed by atoms with Crippen LogP contribution in [0.2, 0.25) is 0 Å². The molecule has 0 unspecified atom stereocenters. The zero-order valence-electron chi connectivity index (χ0n) is 17.7. The van der Waals surface area contributed by atoms with E-state index in [9.17, 15) is 4.79 Å². The van der Waals surface area contributed by atoms with Crippen LogP contribution in [0.4, 0.5) is 0 Å². The second-order valence-corrected chi connectivity index (χ2v) is 7.72. The van der Waals surface area contributed by atoms with Gasteiger partial charge in [0.1, 0.15) is 6.10 Å². The number of carbonyl (C=O) groups is 1. The van der Waals surface area contributed by atoms with Crippen LogP contribution in [0.15, 0.2) is 18.2 Å². The number of likely N-dealkylation sites (tertiary alicyclic amines) is 1. The molecule has 0 bridgehead atoms. The summed E-state index contributed by atoms with van der Waals surface area (Å²) in [6.07, 6.45) is 6.79. The van der Waals surface area contributed by atoms with Crippen LogP contribution < -0.4 is 9.47 Å². The van der Waals surface area contributed by atoms with Crippen LogP contribution in [0.5, 0.6) is 11.5 Å². The maximum absolute atomic E-state index is 11.2. The fourth-order valence-electron chi connectivity index (χ4n) is 4.44. The summed E-state index contributed by atoms with van der Waals surface area (Å²) in [4.78, 5) is 13.7. The third kappa shape index (κ3) is 6.49. The molecule has 6 nitrogen and oxygen atoms in total. The van der Waals surface area contributed by atoms with Gasteiger partial charge in [-0.3, -0.25) is 9.69 Å². The summed E-state index contributed by atoms with van der Waals surface area (Å²) in [5, 5.41) is 0. The lowest BCUT2D eigenvalue weighted by atomic mass is 9.91. The molecule has 2 fully saturated rings. The van der Waals surface area contributed by atoms with E-state index in [1.54, 1.807) is 14.2 Å². The molecule has 1 aromatic carbocycles. The van der Waals surface area contributed by atoms with Crippen LogP contribution in [0.3, 0.4) is 0 Å². The minimum Gasteiger partial charge on any atom is -0.493 e. The minimum atomic E-state index is -0.182. The first-order chi connectivity index (χ1) is 13.6. The van der Waals surface area contributed by atoms with Gasteiger partial charge >= 0.3 is 5.97 Å². The van der Waals surface area contributed by atoms with Crippen molar-refractivity contribution in [3.63, 3.8) is 0 Å². The second-order valence-electron chi connectivity index (χ2n) is 7.72. The second kappa shape index (κ2) is 11.6. The Hall–Kier alpha value is -1.50. The standard InChI is InChI=1S/C22H33NO5.ClH/c1-16(24)28-18-10-12-23(15-18)19-6-4-5-7-20(19)27-13-11-17-8-9-21(25-2)22(14-17)26-3;/h8-9,14,18-20H,4-7,10-13,15H2,1-3H3;1H/t18-,19-,20-;/m0./s1. The van der Waals surface area contributed by atoms with Crippen LogP contribution in [0.25, 0.3) is 0 Å². The van der Waals surface area contributed by atoms with Gasteiger partial charge < -0.3 is 18.9 Å². The summed E-state index contributed by atoms with van der Waals surface area (Å²) in [7, 11) is 3.30. The minimum absolute atomic E-state index is 0. The van der Waals surface area contributed by atoms with Crippen molar-refractivity contribution in [1.82, 2.24) is 4.90 Å². The van der Waals surface area contributed by atoms with E-state index in [0.29, 0.717) is 12.6 Å². The number of hydrogen-bond acceptors (Lipinski definition) is 6. The van der Waals surface area contributed by atoms with Gasteiger partial charge in [0.15, 0.2) is 11.5 Å². The summed E-state index contributed by atoms with van der Waals surface area (Å²) in [5.41, 5.74) is 1.18. The summed E-state index contributed by atoms with van der Waals surface area (Å²) in [6.45, 7) is 4.00. The zero-order valence-corrected chi connectivity index (χ0v) is 18.5. The van der Waals surface area contributed by atoms with Crippen LogP contribution in [-0.2, 0) is 20.7 Å². The van der Waals surface area contributed by atoms with Crippen molar-refractivity contribution >= 4 is 18.4 Å². The Bertz CT molecular complexity index is 656. The average Bonchev–Trinajstić information content (AvgIpc) is 3.15. The SMILES string of the molecule is COc1ccc(CCO[C@H]2CCCC[C@@H]2N2CC[C@H](OC(C)=O)C2)cc1OC.Cl. The molecule has 3 rings (SSSR count). The van der Waals surface area contributed by atoms with E-state index < -0.39 is 0 Å². The van der Waals surface area contributed by atoms with Gasteiger partial charge in [-0.1, -0.05) is 18.9 Å². The predicted octanol–water partition coefficient (Wildman–Crippen LogP) is 3.63. The molecule has 3 atom stereocenters. The van der Waals surface area contributed by atoms with E-state index in [1.165, 1.54) is 25.3 Å². The van der Waals surface area contributed by atoms with Gasteiger partial charge in [-0.05, 0) is 43.4 Å². The lowest BCUT2D eigenvalue weighted by Crippen LogP contribution is -2.46. The molecule has 1 saturated heterocycles. The molecule has 2 aliphatic rings. The van der Waals surface area contributed by atoms with E-state index in [-0.39, 0.29) is 30.6 Å². The monoisotopic (exact) mass is 427 g/mol. The van der Waals surface area contributed by atoms with Crippen molar-refractivity contribution in [1.29, 1.82) is 0 Å². The third-order valence-corrected chi connectivity index (χ3v) is 5.82. The Kier molecular flexibility index (Phi) is 9.53. The van der Waals surface area contributed by atoms with Gasteiger partial charge in [0, 0.05) is 26.1 Å². The Morgan fingerprint density at radius 3 is 2.59 bits per heavy atom. The number of esters is 1. The molecule has 1 heterocycles. The normalized spacial score (nSPS) is 24.6. The highest BCUT2D eigenvalue weighted by molar-refractivity contribution is 5.85. The first-order valence-electron chi connectivity index (χ1n) is 10.3. The predicted molar refractivity (Wildman–Crippen MR) is 114 cm³/mol. The fraction of sp³-hybridized carbons (Fsp3) is 0.682. The highest BCUT2D eigenvalue weighted by Gasteiger charge is 2.36. The van der Waals surface area contributed by atoms with Gasteiger partial charge in [-0.15, -0.1) is 12.4 Å². The van der Waals surface area contributed by atoms with Crippen molar-refractivity contribution in [2.45, 2.75) is 63.7 Å². The van der Waals surface area contributed by atoms with E-state index >= 15 is 0 Å². The maximum atomic E-state index is 11.2. The number of nitrogens with zero attached hydrogens (tertiary/aromatic N) is 1. The molecule has 0 radical (unpaired) electrons. The summed E-state index contributed by atoms with van der Waals surface area (Å²) in [5.74, 6) is 1.32. The van der Waals surface area contributed by atoms with Crippen LogP contribution >= 0.6 is 12.4 Å². The average molecular weight is 428 g/mol. The van der Waals surface area contributed by atoms with E-state index in [0.717, 1.165) is 50.3 Å². The molecule has 0 spiro atoms. The Balaban J connectivity index is 0.00000300. The van der Waals surface area contributed by atoms with Crippen molar-refractivity contribution in [2.24, 2.45) is 0 Å². The van der Waals surface area contributed by atoms with Gasteiger partial charge in [0.05, 0.1) is 26.9 Å². The molecule has 1 aromatic rings. The molecule has 0 amide bonds. The topological polar surface area (TPSA) is 57.2 Å². The Morgan fingerprint density at radius 1 is 1.10 bits per heavy atom. The van der Waals surface area contributed by atoms with E-state index in [2.05, 4.69) is 11.0 Å². The van der Waals surface area contributed by atoms with Crippen LogP contribution in [-0.4, -0.2) is 63.0 Å². The molecule has 29 heavy (non-hydrogen) atoms. The highest BCUT2D eigenvalue weighted by atomic mass is 35.5. The molecule has 164 valence electrons. The largest absolute Gasteiger partial charge is 0.493 e. The van der Waals surface area contributed by atoms with E-state index in [4.69, 9.17) is 18.9 Å². The lowest BCUT2D eigenvalue weighted by molar-refractivity contribution is -0.145. The third-order valence-electron chi connectivity index (χ3n) is 5.82. The maximum Gasteiger partial charge on any atom is 0.302 e. The molecule has 0 aromatic heterocycles. The molecular formula is C22H34ClNO5. The highest BCUT2D eigenvalue weighted by Crippen LogP contribution is 2.30. The fourth-order valence-corrected chi connectivity index (χ4v) is 4.44. The lowest BCUT2D eigenvalue weighted by Gasteiger charge is -2.37. The molecular weight excluding hydrogens is 394 g/mol. The number of benzene rings is 1. The van der Waals surface area contributed by atoms with E-state index in [1.807, 2.05) is 12.1 Å². The number of carbonyl (C=O) groups excluding carboxylic acids is 1. The summed E-state index contributed by atoms with van der Waals surface area (Å²) in [6, 6.07) is 6.45. The molecule has 1 aliphatic heterocycles. The van der Waals surface area contributed by atoms with Crippen molar-refractivity contribution in [2.75, 3.05) is 33.9 Å². The van der Waals surface area contributed by atoms with Crippen molar-refractivity contribution in [3.8, 4) is 11.5 Å². The zero-order chi connectivity index (χ0) is 19.9.